The number of nitrogens with one attached hydrogen (secondary N) is 2. The molecule has 0 aliphatic heterocycles. The van der Waals surface area contributed by atoms with Gasteiger partial charge in [0.25, 0.3) is 11.8 Å². The van der Waals surface area contributed by atoms with Crippen molar-refractivity contribution in [2.75, 3.05) is 5.32 Å². The van der Waals surface area contributed by atoms with Gasteiger partial charge in [-0.1, -0.05) is 12.1 Å². The Morgan fingerprint density at radius 3 is 2.50 bits per heavy atom. The second-order valence-corrected chi connectivity index (χ2v) is 6.62. The van der Waals surface area contributed by atoms with Crippen molar-refractivity contribution in [3.63, 3.8) is 0 Å². The van der Waals surface area contributed by atoms with Crippen molar-refractivity contribution in [3.05, 3.63) is 64.7 Å². The number of anilines is 1. The highest BCUT2D eigenvalue weighted by Crippen LogP contribution is 2.23. The SMILES string of the molecule is O=C(Nc1cccc(C(=O)NC2CC2)c1)c1ccc2c(c1)CCC2. The van der Waals surface area contributed by atoms with Crippen LogP contribution >= 0.6 is 0 Å². The average molecular weight is 320 g/mol. The Labute approximate surface area is 141 Å². The Morgan fingerprint density at radius 2 is 1.67 bits per heavy atom. The lowest BCUT2D eigenvalue weighted by molar-refractivity contribution is 0.0949. The second-order valence-electron chi connectivity index (χ2n) is 6.62. The summed E-state index contributed by atoms with van der Waals surface area (Å²) in [6, 6.07) is 13.3. The molecule has 0 unspecified atom stereocenters. The van der Waals surface area contributed by atoms with Crippen LogP contribution in [0.2, 0.25) is 0 Å². The first-order valence-corrected chi connectivity index (χ1v) is 8.53. The Bertz CT molecular complexity index is 809. The monoisotopic (exact) mass is 320 g/mol. The molecular weight excluding hydrogens is 300 g/mol. The standard InChI is InChI=1S/C20H20N2O2/c23-19(21-17-9-10-17)15-5-2-6-18(12-15)22-20(24)16-8-7-13-3-1-4-14(13)11-16/h2,5-8,11-12,17H,1,3-4,9-10H2,(H,21,23)(H,22,24). The maximum Gasteiger partial charge on any atom is 0.255 e. The third-order valence-corrected chi connectivity index (χ3v) is 4.66. The third-order valence-electron chi connectivity index (χ3n) is 4.66. The molecule has 2 aliphatic rings. The van der Waals surface area contributed by atoms with Gasteiger partial charge in [0.15, 0.2) is 0 Å². The minimum atomic E-state index is -0.135. The number of amides is 2. The Kier molecular flexibility index (Phi) is 3.81. The fourth-order valence-corrected chi connectivity index (χ4v) is 3.15. The van der Waals surface area contributed by atoms with Gasteiger partial charge in [0, 0.05) is 22.9 Å². The smallest absolute Gasteiger partial charge is 0.255 e. The normalized spacial score (nSPS) is 15.7. The molecule has 0 aromatic heterocycles. The first-order chi connectivity index (χ1) is 11.7. The van der Waals surface area contributed by atoms with Crippen LogP contribution in [-0.2, 0) is 12.8 Å². The van der Waals surface area contributed by atoms with E-state index in [4.69, 9.17) is 0 Å². The number of fused-ring (bicyclic) bond motifs is 1. The lowest BCUT2D eigenvalue weighted by atomic mass is 10.1. The molecule has 4 rings (SSSR count). The van der Waals surface area contributed by atoms with E-state index < -0.39 is 0 Å². The lowest BCUT2D eigenvalue weighted by Crippen LogP contribution is -2.25. The van der Waals surface area contributed by atoms with E-state index in [2.05, 4.69) is 16.7 Å². The molecule has 2 N–H and O–H groups in total. The van der Waals surface area contributed by atoms with E-state index in [1.54, 1.807) is 24.3 Å². The second kappa shape index (κ2) is 6.11. The minimum absolute atomic E-state index is 0.0777. The molecule has 1 saturated carbocycles. The van der Waals surface area contributed by atoms with Crippen LogP contribution in [0.25, 0.3) is 0 Å². The van der Waals surface area contributed by atoms with Gasteiger partial charge in [-0.25, -0.2) is 0 Å². The zero-order valence-electron chi connectivity index (χ0n) is 13.5. The summed E-state index contributed by atoms with van der Waals surface area (Å²) in [7, 11) is 0. The van der Waals surface area contributed by atoms with Gasteiger partial charge in [0.05, 0.1) is 0 Å². The first-order valence-electron chi connectivity index (χ1n) is 8.53. The number of rotatable bonds is 4. The van der Waals surface area contributed by atoms with Crippen molar-refractivity contribution < 1.29 is 9.59 Å². The molecule has 1 fully saturated rings. The molecule has 122 valence electrons. The molecular formula is C20H20N2O2. The van der Waals surface area contributed by atoms with Crippen LogP contribution in [0.3, 0.4) is 0 Å². The Morgan fingerprint density at radius 1 is 0.875 bits per heavy atom. The van der Waals surface area contributed by atoms with E-state index >= 15 is 0 Å². The Balaban J connectivity index is 1.48. The molecule has 2 aromatic rings. The maximum atomic E-state index is 12.5. The summed E-state index contributed by atoms with van der Waals surface area (Å²) in [4.78, 5) is 24.6. The van der Waals surface area contributed by atoms with Crippen LogP contribution in [0.5, 0.6) is 0 Å². The molecule has 4 nitrogen and oxygen atoms in total. The molecule has 0 saturated heterocycles. The highest BCUT2D eigenvalue weighted by molar-refractivity contribution is 6.05. The van der Waals surface area contributed by atoms with E-state index in [0.29, 0.717) is 22.9 Å². The van der Waals surface area contributed by atoms with Gasteiger partial charge in [-0.3, -0.25) is 9.59 Å². The topological polar surface area (TPSA) is 58.2 Å². The summed E-state index contributed by atoms with van der Waals surface area (Å²) in [5.41, 5.74) is 4.52. The average Bonchev–Trinajstić information content (AvgIpc) is 3.28. The van der Waals surface area contributed by atoms with Crippen molar-refractivity contribution in [1.82, 2.24) is 5.32 Å². The van der Waals surface area contributed by atoms with E-state index in [9.17, 15) is 9.59 Å². The highest BCUT2D eigenvalue weighted by atomic mass is 16.2. The molecule has 24 heavy (non-hydrogen) atoms. The van der Waals surface area contributed by atoms with E-state index in [1.807, 2.05) is 12.1 Å². The summed E-state index contributed by atoms with van der Waals surface area (Å²) < 4.78 is 0. The van der Waals surface area contributed by atoms with Crippen molar-refractivity contribution >= 4 is 17.5 Å². The molecule has 0 heterocycles. The lowest BCUT2D eigenvalue weighted by Gasteiger charge is -2.09. The molecule has 0 atom stereocenters. The molecule has 0 radical (unpaired) electrons. The summed E-state index contributed by atoms with van der Waals surface area (Å²) in [6.45, 7) is 0. The van der Waals surface area contributed by atoms with Gasteiger partial charge in [-0.2, -0.15) is 0 Å². The number of carbonyl (C=O) groups excluding carboxylic acids is 2. The van der Waals surface area contributed by atoms with Crippen molar-refractivity contribution in [2.45, 2.75) is 38.1 Å². The quantitative estimate of drug-likeness (QED) is 0.908. The summed E-state index contributed by atoms with van der Waals surface area (Å²) in [5.74, 6) is -0.212. The van der Waals surface area contributed by atoms with E-state index in [-0.39, 0.29) is 11.8 Å². The Hall–Kier alpha value is -2.62. The van der Waals surface area contributed by atoms with Crippen LogP contribution in [0.15, 0.2) is 42.5 Å². The number of hydrogen-bond donors (Lipinski definition) is 2. The number of carbonyl (C=O) groups is 2. The molecule has 2 amide bonds. The number of benzene rings is 2. The zero-order chi connectivity index (χ0) is 16.5. The van der Waals surface area contributed by atoms with Gasteiger partial charge >= 0.3 is 0 Å². The number of aryl methyl sites for hydroxylation is 2. The zero-order valence-corrected chi connectivity index (χ0v) is 13.5. The summed E-state index contributed by atoms with van der Waals surface area (Å²) in [5, 5.41) is 5.85. The first kappa shape index (κ1) is 14.9. The van der Waals surface area contributed by atoms with Gasteiger partial charge < -0.3 is 10.6 Å². The molecule has 2 aliphatic carbocycles. The summed E-state index contributed by atoms with van der Waals surface area (Å²) in [6.07, 6.45) is 5.43. The molecule has 0 spiro atoms. The van der Waals surface area contributed by atoms with Crippen molar-refractivity contribution in [3.8, 4) is 0 Å². The molecule has 2 aromatic carbocycles. The fraction of sp³-hybridized carbons (Fsp3) is 0.300. The fourth-order valence-electron chi connectivity index (χ4n) is 3.15. The van der Waals surface area contributed by atoms with Gasteiger partial charge in [0.2, 0.25) is 0 Å². The molecule has 4 heteroatoms. The highest BCUT2D eigenvalue weighted by Gasteiger charge is 2.23. The predicted octanol–water partition coefficient (Wildman–Crippen LogP) is 3.32. The van der Waals surface area contributed by atoms with Crippen LogP contribution in [0.1, 0.15) is 51.1 Å². The van der Waals surface area contributed by atoms with Crippen molar-refractivity contribution in [2.24, 2.45) is 0 Å². The van der Waals surface area contributed by atoms with Gasteiger partial charge in [0.1, 0.15) is 0 Å². The predicted molar refractivity (Wildman–Crippen MR) is 93.4 cm³/mol. The van der Waals surface area contributed by atoms with E-state index in [1.165, 1.54) is 17.5 Å². The van der Waals surface area contributed by atoms with Gasteiger partial charge in [-0.15, -0.1) is 0 Å². The van der Waals surface area contributed by atoms with Crippen LogP contribution in [0, 0.1) is 0 Å². The van der Waals surface area contributed by atoms with E-state index in [0.717, 1.165) is 25.7 Å². The largest absolute Gasteiger partial charge is 0.349 e. The number of hydrogen-bond acceptors (Lipinski definition) is 2. The summed E-state index contributed by atoms with van der Waals surface area (Å²) >= 11 is 0. The third kappa shape index (κ3) is 3.18. The minimum Gasteiger partial charge on any atom is -0.349 e. The van der Waals surface area contributed by atoms with Crippen LogP contribution in [0.4, 0.5) is 5.69 Å². The van der Waals surface area contributed by atoms with Crippen molar-refractivity contribution in [1.29, 1.82) is 0 Å². The maximum absolute atomic E-state index is 12.5. The van der Waals surface area contributed by atoms with Gasteiger partial charge in [-0.05, 0) is 73.6 Å². The molecule has 0 bridgehead atoms. The van der Waals surface area contributed by atoms with Crippen LogP contribution in [-0.4, -0.2) is 17.9 Å². The van der Waals surface area contributed by atoms with Crippen LogP contribution < -0.4 is 10.6 Å².